The Morgan fingerprint density at radius 3 is 2.63 bits per heavy atom. The molecule has 0 atom stereocenters. The molecule has 2 heterocycles. The number of unbranched alkanes of at least 4 members (excludes halogenated alkanes) is 3. The summed E-state index contributed by atoms with van der Waals surface area (Å²) in [7, 11) is 0. The number of hydrogen-bond acceptors (Lipinski definition) is 6. The zero-order valence-electron chi connectivity index (χ0n) is 17.7. The predicted molar refractivity (Wildman–Crippen MR) is 131 cm³/mol. The number of carbonyl (C=O) groups excluding carboxylic acids is 1. The maximum absolute atomic E-state index is 12.4. The van der Waals surface area contributed by atoms with Crippen molar-refractivity contribution in [2.45, 2.75) is 54.1 Å². The van der Waals surface area contributed by atoms with Gasteiger partial charge in [-0.15, -0.1) is 23.5 Å². The van der Waals surface area contributed by atoms with Crippen LogP contribution in [-0.4, -0.2) is 39.1 Å². The first-order chi connectivity index (χ1) is 14.6. The van der Waals surface area contributed by atoms with Crippen LogP contribution in [-0.2, 0) is 4.79 Å². The highest BCUT2D eigenvalue weighted by Crippen LogP contribution is 2.33. The van der Waals surface area contributed by atoms with Gasteiger partial charge in [0.1, 0.15) is 5.03 Å². The average Bonchev–Trinajstić information content (AvgIpc) is 3.16. The summed E-state index contributed by atoms with van der Waals surface area (Å²) in [5.41, 5.74) is 3.93. The summed E-state index contributed by atoms with van der Waals surface area (Å²) < 4.78 is 0. The molecule has 0 radical (unpaired) electrons. The van der Waals surface area contributed by atoms with Crippen LogP contribution in [0.1, 0.15) is 37.8 Å². The monoisotopic (exact) mass is 460 g/mol. The first-order valence-corrected chi connectivity index (χ1v) is 13.5. The van der Waals surface area contributed by atoms with Gasteiger partial charge in [0.15, 0.2) is 5.16 Å². The minimum atomic E-state index is 0.0721. The van der Waals surface area contributed by atoms with Gasteiger partial charge in [-0.05, 0) is 50.5 Å². The summed E-state index contributed by atoms with van der Waals surface area (Å²) in [5.74, 6) is 1.11. The number of benzene rings is 1. The molecule has 1 aromatic carbocycles. The zero-order valence-corrected chi connectivity index (χ0v) is 20.1. The van der Waals surface area contributed by atoms with Crippen molar-refractivity contribution in [3.63, 3.8) is 0 Å². The van der Waals surface area contributed by atoms with E-state index in [-0.39, 0.29) is 5.91 Å². The maximum atomic E-state index is 12.4. The van der Waals surface area contributed by atoms with E-state index < -0.39 is 0 Å². The molecule has 30 heavy (non-hydrogen) atoms. The topological polar surface area (TPSA) is 70.7 Å². The van der Waals surface area contributed by atoms with E-state index in [1.807, 2.05) is 43.7 Å². The second-order valence-corrected chi connectivity index (χ2v) is 9.70. The van der Waals surface area contributed by atoms with Crippen molar-refractivity contribution in [3.8, 4) is 0 Å². The van der Waals surface area contributed by atoms with Gasteiger partial charge in [0.2, 0.25) is 5.91 Å². The van der Waals surface area contributed by atoms with Crippen molar-refractivity contribution in [2.24, 2.45) is 0 Å². The molecule has 3 rings (SSSR count). The number of rotatable bonds is 11. The van der Waals surface area contributed by atoms with Crippen molar-refractivity contribution in [1.82, 2.24) is 15.0 Å². The molecule has 3 aromatic rings. The lowest BCUT2D eigenvalue weighted by Gasteiger charge is -2.14. The lowest BCUT2D eigenvalue weighted by atomic mass is 10.1. The summed E-state index contributed by atoms with van der Waals surface area (Å²) in [5, 5.41) is 4.95. The number of anilines is 1. The molecule has 0 aliphatic carbocycles. The number of pyridine rings is 1. The Kier molecular flexibility index (Phi) is 8.96. The van der Waals surface area contributed by atoms with Crippen LogP contribution in [0, 0.1) is 6.92 Å². The number of imidazole rings is 1. The van der Waals surface area contributed by atoms with Gasteiger partial charge >= 0.3 is 0 Å². The number of H-pyrrole nitrogens is 1. The third-order valence-corrected chi connectivity index (χ3v) is 7.06. The van der Waals surface area contributed by atoms with E-state index in [9.17, 15) is 4.79 Å². The second kappa shape index (κ2) is 11.7. The number of hydrogen-bond donors (Lipinski definition) is 2. The average molecular weight is 461 g/mol. The highest BCUT2D eigenvalue weighted by Gasteiger charge is 2.13. The van der Waals surface area contributed by atoms with E-state index in [0.29, 0.717) is 6.42 Å². The Balaban J connectivity index is 1.35. The van der Waals surface area contributed by atoms with Crippen LogP contribution < -0.4 is 5.32 Å². The normalized spacial score (nSPS) is 11.2. The Morgan fingerprint density at radius 2 is 1.87 bits per heavy atom. The van der Waals surface area contributed by atoms with E-state index in [4.69, 9.17) is 0 Å². The number of amides is 1. The van der Waals surface area contributed by atoms with Gasteiger partial charge in [0.25, 0.3) is 0 Å². The molecule has 2 aromatic heterocycles. The fourth-order valence-electron chi connectivity index (χ4n) is 3.15. The van der Waals surface area contributed by atoms with Crippen LogP contribution in [0.15, 0.2) is 45.4 Å². The molecule has 0 aliphatic rings. The second-order valence-electron chi connectivity index (χ2n) is 6.97. The first-order valence-electron chi connectivity index (χ1n) is 10.1. The smallest absolute Gasteiger partial charge is 0.224 e. The number of thioether (sulfide) groups is 3. The summed E-state index contributed by atoms with van der Waals surface area (Å²) >= 11 is 4.97. The molecule has 0 saturated carbocycles. The minimum Gasteiger partial charge on any atom is -0.333 e. The largest absolute Gasteiger partial charge is 0.333 e. The Morgan fingerprint density at radius 1 is 1.07 bits per heavy atom. The molecule has 5 nitrogen and oxygen atoms in total. The molecule has 0 bridgehead atoms. The fraction of sp³-hybridized carbons (Fsp3) is 0.409. The van der Waals surface area contributed by atoms with Crippen molar-refractivity contribution in [3.05, 3.63) is 36.0 Å². The lowest BCUT2D eigenvalue weighted by Crippen LogP contribution is -2.13. The summed E-state index contributed by atoms with van der Waals surface area (Å²) in [6.07, 6.45) is 8.78. The molecule has 0 unspecified atom stereocenters. The molecule has 8 heteroatoms. The molecule has 160 valence electrons. The third-order valence-electron chi connectivity index (χ3n) is 4.66. The molecular formula is C22H28N4OS3. The first kappa shape index (κ1) is 23.0. The fourth-order valence-corrected chi connectivity index (χ4v) is 5.34. The van der Waals surface area contributed by atoms with Gasteiger partial charge in [-0.1, -0.05) is 36.7 Å². The van der Waals surface area contributed by atoms with E-state index in [0.717, 1.165) is 68.9 Å². The molecule has 0 spiro atoms. The van der Waals surface area contributed by atoms with Crippen LogP contribution in [0.3, 0.4) is 0 Å². The molecule has 1 amide bonds. The van der Waals surface area contributed by atoms with Gasteiger partial charge in [-0.3, -0.25) is 4.79 Å². The van der Waals surface area contributed by atoms with Crippen molar-refractivity contribution >= 4 is 57.9 Å². The lowest BCUT2D eigenvalue weighted by molar-refractivity contribution is -0.116. The van der Waals surface area contributed by atoms with Gasteiger partial charge in [-0.25, -0.2) is 9.97 Å². The summed E-state index contributed by atoms with van der Waals surface area (Å²) in [6.45, 7) is 1.98. The van der Waals surface area contributed by atoms with Gasteiger partial charge < -0.3 is 10.3 Å². The van der Waals surface area contributed by atoms with E-state index in [1.165, 1.54) is 0 Å². The number of fused-ring (bicyclic) bond motifs is 1. The Bertz CT molecular complexity index is 931. The number of nitrogens with zero attached hydrogens (tertiary/aromatic N) is 2. The number of carbonyl (C=O) groups is 1. The standard InChI is InChI=1S/C22H28N4OS3/c1-15-14-18(28-2)20(21(23-15)29-3)26-19(27)12-6-4-5-9-13-30-22-24-16-10-7-8-11-17(16)25-22/h7-8,10-11,14H,4-6,9,12-13H2,1-3H3,(H,24,25)(H,26,27). The van der Waals surface area contributed by atoms with Crippen LogP contribution in [0.25, 0.3) is 11.0 Å². The highest BCUT2D eigenvalue weighted by atomic mass is 32.2. The quantitative estimate of drug-likeness (QED) is 0.255. The van der Waals surface area contributed by atoms with Crippen LogP contribution >= 0.6 is 35.3 Å². The molecule has 0 fully saturated rings. The van der Waals surface area contributed by atoms with Gasteiger partial charge in [0, 0.05) is 22.8 Å². The molecule has 0 saturated heterocycles. The van der Waals surface area contributed by atoms with E-state index in [1.54, 1.807) is 35.3 Å². The number of nitrogens with one attached hydrogen (secondary N) is 2. The maximum Gasteiger partial charge on any atom is 0.224 e. The minimum absolute atomic E-state index is 0.0721. The predicted octanol–water partition coefficient (Wildman–Crippen LogP) is 6.39. The van der Waals surface area contributed by atoms with Crippen LogP contribution in [0.5, 0.6) is 0 Å². The zero-order chi connectivity index (χ0) is 21.3. The highest BCUT2D eigenvalue weighted by molar-refractivity contribution is 7.99. The van der Waals surface area contributed by atoms with Crippen molar-refractivity contribution < 1.29 is 4.79 Å². The van der Waals surface area contributed by atoms with Crippen molar-refractivity contribution in [1.29, 1.82) is 0 Å². The SMILES string of the molecule is CSc1cc(C)nc(SC)c1NC(=O)CCCCCCSc1nc2ccccc2[nH]1. The molecule has 2 N–H and O–H groups in total. The van der Waals surface area contributed by atoms with Gasteiger partial charge in [-0.2, -0.15) is 0 Å². The van der Waals surface area contributed by atoms with Crippen LogP contribution in [0.4, 0.5) is 5.69 Å². The van der Waals surface area contributed by atoms with Gasteiger partial charge in [0.05, 0.1) is 16.7 Å². The summed E-state index contributed by atoms with van der Waals surface area (Å²) in [4.78, 5) is 26.0. The Hall–Kier alpha value is -1.64. The third kappa shape index (κ3) is 6.43. The van der Waals surface area contributed by atoms with E-state index >= 15 is 0 Å². The van der Waals surface area contributed by atoms with Crippen molar-refractivity contribution in [2.75, 3.05) is 23.6 Å². The van der Waals surface area contributed by atoms with E-state index in [2.05, 4.69) is 26.3 Å². The Labute approximate surface area is 191 Å². The molecule has 0 aliphatic heterocycles. The number of para-hydroxylation sites is 2. The number of aryl methyl sites for hydroxylation is 1. The number of aromatic amines is 1. The molecular weight excluding hydrogens is 432 g/mol. The summed E-state index contributed by atoms with van der Waals surface area (Å²) in [6, 6.07) is 10.1. The van der Waals surface area contributed by atoms with Crippen LogP contribution in [0.2, 0.25) is 0 Å². The number of aromatic nitrogens is 3.